The van der Waals surface area contributed by atoms with Crippen LogP contribution >= 0.6 is 11.3 Å². The Balaban J connectivity index is 1.43. The van der Waals surface area contributed by atoms with Crippen molar-refractivity contribution in [2.45, 2.75) is 25.8 Å². The van der Waals surface area contributed by atoms with E-state index in [1.165, 1.54) is 18.2 Å². The molecule has 1 aromatic heterocycles. The van der Waals surface area contributed by atoms with Gasteiger partial charge < -0.3 is 14.7 Å². The van der Waals surface area contributed by atoms with Crippen LogP contribution in [0.25, 0.3) is 0 Å². The Bertz CT molecular complexity index is 956. The number of nitro benzene ring substituents is 1. The van der Waals surface area contributed by atoms with Crippen molar-refractivity contribution in [2.24, 2.45) is 0 Å². The maximum absolute atomic E-state index is 13.2. The molecule has 0 bridgehead atoms. The van der Waals surface area contributed by atoms with Gasteiger partial charge in [-0.25, -0.2) is 4.98 Å². The Hall–Kier alpha value is -3.01. The summed E-state index contributed by atoms with van der Waals surface area (Å²) in [6.07, 6.45) is 3.19. The maximum atomic E-state index is 13.2. The van der Waals surface area contributed by atoms with Gasteiger partial charge in [0.15, 0.2) is 5.13 Å². The zero-order valence-corrected chi connectivity index (χ0v) is 17.5. The highest BCUT2D eigenvalue weighted by atomic mass is 32.1. The van der Waals surface area contributed by atoms with Gasteiger partial charge in [-0.1, -0.05) is 0 Å². The molecule has 4 rings (SSSR count). The number of likely N-dealkylation sites (tertiary alicyclic amines) is 1. The predicted octanol–water partition coefficient (Wildman–Crippen LogP) is 2.31. The van der Waals surface area contributed by atoms with Crippen LogP contribution in [0.1, 0.15) is 28.8 Å². The number of hydrogen-bond acceptors (Lipinski definition) is 7. The van der Waals surface area contributed by atoms with E-state index in [-0.39, 0.29) is 17.5 Å². The summed E-state index contributed by atoms with van der Waals surface area (Å²) in [5, 5.41) is 13.9. The van der Waals surface area contributed by atoms with Gasteiger partial charge in [0.05, 0.1) is 4.92 Å². The van der Waals surface area contributed by atoms with E-state index in [0.29, 0.717) is 37.2 Å². The van der Waals surface area contributed by atoms with Crippen LogP contribution in [-0.4, -0.2) is 70.3 Å². The third-order valence-corrected chi connectivity index (χ3v) is 6.55. The quantitative estimate of drug-likeness (QED) is 0.546. The Kier molecular flexibility index (Phi) is 5.67. The number of nitro groups is 1. The van der Waals surface area contributed by atoms with E-state index in [0.717, 1.165) is 24.6 Å². The van der Waals surface area contributed by atoms with E-state index < -0.39 is 11.0 Å². The van der Waals surface area contributed by atoms with Crippen LogP contribution in [0.3, 0.4) is 0 Å². The van der Waals surface area contributed by atoms with Gasteiger partial charge in [0.25, 0.3) is 11.6 Å². The summed E-state index contributed by atoms with van der Waals surface area (Å²) in [4.78, 5) is 46.7. The molecular weight excluding hydrogens is 406 g/mol. The number of anilines is 1. The van der Waals surface area contributed by atoms with E-state index in [9.17, 15) is 19.7 Å². The second-order valence-electron chi connectivity index (χ2n) is 7.54. The summed E-state index contributed by atoms with van der Waals surface area (Å²) in [6, 6.07) is 3.89. The van der Waals surface area contributed by atoms with E-state index in [1.807, 2.05) is 10.3 Å². The van der Waals surface area contributed by atoms with Gasteiger partial charge in [0.1, 0.15) is 6.04 Å². The van der Waals surface area contributed by atoms with Gasteiger partial charge in [-0.05, 0) is 31.9 Å². The number of nitrogens with zero attached hydrogens (tertiary/aromatic N) is 5. The molecule has 0 N–H and O–H groups in total. The van der Waals surface area contributed by atoms with Crippen LogP contribution < -0.4 is 4.90 Å². The van der Waals surface area contributed by atoms with E-state index in [4.69, 9.17) is 0 Å². The van der Waals surface area contributed by atoms with Crippen LogP contribution in [0.4, 0.5) is 10.8 Å². The fourth-order valence-electron chi connectivity index (χ4n) is 4.13. The molecule has 2 aromatic rings. The third-order valence-electron chi connectivity index (χ3n) is 5.72. The average Bonchev–Trinajstić information content (AvgIpc) is 3.44. The van der Waals surface area contributed by atoms with Gasteiger partial charge in [0.2, 0.25) is 5.91 Å². The third kappa shape index (κ3) is 3.87. The second-order valence-corrected chi connectivity index (χ2v) is 8.41. The summed E-state index contributed by atoms with van der Waals surface area (Å²) < 4.78 is 0. The normalized spacial score (nSPS) is 19.2. The molecule has 2 aliphatic rings. The number of amides is 2. The number of piperazine rings is 1. The fourth-order valence-corrected chi connectivity index (χ4v) is 4.82. The molecule has 158 valence electrons. The molecule has 1 atom stereocenters. The van der Waals surface area contributed by atoms with Crippen molar-refractivity contribution in [3.8, 4) is 0 Å². The van der Waals surface area contributed by atoms with Crippen molar-refractivity contribution in [1.29, 1.82) is 0 Å². The monoisotopic (exact) mass is 429 g/mol. The number of carbonyl (C=O) groups excluding carboxylic acids is 2. The highest BCUT2D eigenvalue weighted by Crippen LogP contribution is 2.26. The van der Waals surface area contributed by atoms with E-state index >= 15 is 0 Å². The molecule has 0 spiro atoms. The Morgan fingerprint density at radius 2 is 1.97 bits per heavy atom. The zero-order chi connectivity index (χ0) is 21.3. The minimum atomic E-state index is -0.473. The minimum absolute atomic E-state index is 0.0151. The summed E-state index contributed by atoms with van der Waals surface area (Å²) in [6.45, 7) is 4.79. The summed E-state index contributed by atoms with van der Waals surface area (Å²) in [5.41, 5.74) is 0.802. The SMILES string of the molecule is Cc1cc(C(=O)N2CCCC2C(=O)N2CCN(c3nccs3)CC2)ccc1[N+](=O)[O-]. The fraction of sp³-hybridized carbons (Fsp3) is 0.450. The van der Waals surface area contributed by atoms with Gasteiger partial charge in [-0.2, -0.15) is 0 Å². The molecule has 3 heterocycles. The van der Waals surface area contributed by atoms with Crippen molar-refractivity contribution in [3.05, 3.63) is 51.0 Å². The van der Waals surface area contributed by atoms with Crippen molar-refractivity contribution < 1.29 is 14.5 Å². The van der Waals surface area contributed by atoms with Crippen LogP contribution in [0.15, 0.2) is 29.8 Å². The highest BCUT2D eigenvalue weighted by Gasteiger charge is 2.38. The van der Waals surface area contributed by atoms with Crippen LogP contribution in [0.2, 0.25) is 0 Å². The lowest BCUT2D eigenvalue weighted by molar-refractivity contribution is -0.385. The lowest BCUT2D eigenvalue weighted by Crippen LogP contribution is -2.54. The number of aryl methyl sites for hydroxylation is 1. The number of hydrogen-bond donors (Lipinski definition) is 0. The molecule has 30 heavy (non-hydrogen) atoms. The van der Waals surface area contributed by atoms with Crippen molar-refractivity contribution in [1.82, 2.24) is 14.8 Å². The van der Waals surface area contributed by atoms with Gasteiger partial charge >= 0.3 is 0 Å². The van der Waals surface area contributed by atoms with Crippen LogP contribution in [0.5, 0.6) is 0 Å². The maximum Gasteiger partial charge on any atom is 0.272 e. The lowest BCUT2D eigenvalue weighted by atomic mass is 10.1. The number of carbonyl (C=O) groups is 2. The number of thiazole rings is 1. The topological polar surface area (TPSA) is 99.9 Å². The first-order valence-corrected chi connectivity index (χ1v) is 10.8. The minimum Gasteiger partial charge on any atom is -0.345 e. The average molecular weight is 430 g/mol. The van der Waals surface area contributed by atoms with Gasteiger partial charge in [-0.3, -0.25) is 19.7 Å². The molecule has 2 amide bonds. The smallest absolute Gasteiger partial charge is 0.272 e. The summed E-state index contributed by atoms with van der Waals surface area (Å²) in [5.74, 6) is -0.261. The molecule has 2 saturated heterocycles. The lowest BCUT2D eigenvalue weighted by Gasteiger charge is -2.37. The van der Waals surface area contributed by atoms with E-state index in [1.54, 1.807) is 29.4 Å². The molecule has 10 heteroatoms. The highest BCUT2D eigenvalue weighted by molar-refractivity contribution is 7.13. The summed E-state index contributed by atoms with van der Waals surface area (Å²) >= 11 is 1.59. The van der Waals surface area contributed by atoms with Crippen molar-refractivity contribution in [2.75, 3.05) is 37.6 Å². The molecule has 9 nitrogen and oxygen atoms in total. The Morgan fingerprint density at radius 3 is 2.60 bits per heavy atom. The van der Waals surface area contributed by atoms with Crippen LogP contribution in [-0.2, 0) is 4.79 Å². The molecule has 2 fully saturated rings. The van der Waals surface area contributed by atoms with E-state index in [2.05, 4.69) is 9.88 Å². The summed E-state index contributed by atoms with van der Waals surface area (Å²) in [7, 11) is 0. The number of aromatic nitrogens is 1. The van der Waals surface area contributed by atoms with Gasteiger partial charge in [0, 0.05) is 61.5 Å². The molecule has 0 saturated carbocycles. The number of benzene rings is 1. The largest absolute Gasteiger partial charge is 0.345 e. The molecule has 1 aromatic carbocycles. The molecule has 0 radical (unpaired) electrons. The standard InChI is InChI=1S/C20H23N5O4S/c1-14-13-15(4-5-16(14)25(28)29)18(26)24-7-2-3-17(24)19(27)22-8-10-23(11-9-22)20-21-6-12-30-20/h4-6,12-13,17H,2-3,7-11H2,1H3. The Morgan fingerprint density at radius 1 is 1.20 bits per heavy atom. The Labute approximate surface area is 178 Å². The molecular formula is C20H23N5O4S. The number of rotatable bonds is 4. The zero-order valence-electron chi connectivity index (χ0n) is 16.7. The van der Waals surface area contributed by atoms with Crippen molar-refractivity contribution in [3.63, 3.8) is 0 Å². The first-order valence-electron chi connectivity index (χ1n) is 9.95. The molecule has 2 aliphatic heterocycles. The predicted molar refractivity (Wildman–Crippen MR) is 113 cm³/mol. The van der Waals surface area contributed by atoms with Crippen molar-refractivity contribution >= 4 is 34.0 Å². The van der Waals surface area contributed by atoms with Gasteiger partial charge in [-0.15, -0.1) is 11.3 Å². The van der Waals surface area contributed by atoms with Crippen LogP contribution in [0, 0.1) is 17.0 Å². The first kappa shape index (κ1) is 20.3. The molecule has 0 aliphatic carbocycles. The second kappa shape index (κ2) is 8.39. The first-order chi connectivity index (χ1) is 14.5. The molecule has 1 unspecified atom stereocenters.